The molecule has 0 aliphatic carbocycles. The van der Waals surface area contributed by atoms with E-state index in [0.29, 0.717) is 0 Å². The zero-order valence-corrected chi connectivity index (χ0v) is 10.1. The zero-order valence-electron chi connectivity index (χ0n) is 9.39. The van der Waals surface area contributed by atoms with Crippen LogP contribution in [-0.2, 0) is 0 Å². The summed E-state index contributed by atoms with van der Waals surface area (Å²) >= 11 is 5.59. The number of anilines is 1. The SMILES string of the molecule is Cc1cc(C)nc(NCCCCCCl)n1. The van der Waals surface area contributed by atoms with Crippen molar-refractivity contribution in [2.75, 3.05) is 17.7 Å². The molecule has 0 unspecified atom stereocenters. The van der Waals surface area contributed by atoms with Gasteiger partial charge >= 0.3 is 0 Å². The molecule has 0 spiro atoms. The van der Waals surface area contributed by atoms with Gasteiger partial charge in [0.15, 0.2) is 0 Å². The van der Waals surface area contributed by atoms with Crippen LogP contribution in [0.3, 0.4) is 0 Å². The lowest BCUT2D eigenvalue weighted by Gasteiger charge is -2.05. The summed E-state index contributed by atoms with van der Waals surface area (Å²) in [5.41, 5.74) is 2.01. The summed E-state index contributed by atoms with van der Waals surface area (Å²) < 4.78 is 0. The fraction of sp³-hybridized carbons (Fsp3) is 0.636. The van der Waals surface area contributed by atoms with Crippen molar-refractivity contribution in [3.63, 3.8) is 0 Å². The zero-order chi connectivity index (χ0) is 11.1. The lowest BCUT2D eigenvalue weighted by atomic mass is 10.2. The Morgan fingerprint density at radius 1 is 1.13 bits per heavy atom. The molecule has 0 saturated heterocycles. The van der Waals surface area contributed by atoms with Gasteiger partial charge in [-0.25, -0.2) is 9.97 Å². The smallest absolute Gasteiger partial charge is 0.223 e. The van der Waals surface area contributed by atoms with Crippen molar-refractivity contribution in [1.29, 1.82) is 0 Å². The number of hydrogen-bond acceptors (Lipinski definition) is 3. The molecule has 1 aromatic heterocycles. The normalized spacial score (nSPS) is 10.3. The van der Waals surface area contributed by atoms with E-state index in [9.17, 15) is 0 Å². The first-order chi connectivity index (χ1) is 7.22. The largest absolute Gasteiger partial charge is 0.354 e. The van der Waals surface area contributed by atoms with Crippen LogP contribution in [0.25, 0.3) is 0 Å². The molecular formula is C11H18ClN3. The van der Waals surface area contributed by atoms with Crippen molar-refractivity contribution in [1.82, 2.24) is 9.97 Å². The third-order valence-corrected chi connectivity index (χ3v) is 2.34. The van der Waals surface area contributed by atoms with Crippen LogP contribution in [0.5, 0.6) is 0 Å². The van der Waals surface area contributed by atoms with Crippen molar-refractivity contribution in [2.24, 2.45) is 0 Å². The van der Waals surface area contributed by atoms with Crippen molar-refractivity contribution in [3.8, 4) is 0 Å². The third-order valence-electron chi connectivity index (χ3n) is 2.08. The van der Waals surface area contributed by atoms with Crippen LogP contribution in [0, 0.1) is 13.8 Å². The van der Waals surface area contributed by atoms with Crippen LogP contribution >= 0.6 is 11.6 Å². The lowest BCUT2D eigenvalue weighted by Crippen LogP contribution is -2.06. The topological polar surface area (TPSA) is 37.8 Å². The second kappa shape index (κ2) is 6.62. The summed E-state index contributed by atoms with van der Waals surface area (Å²) in [6.07, 6.45) is 3.35. The van der Waals surface area contributed by atoms with Gasteiger partial charge in [-0.05, 0) is 32.8 Å². The third kappa shape index (κ3) is 4.98. The van der Waals surface area contributed by atoms with E-state index in [1.807, 2.05) is 19.9 Å². The Morgan fingerprint density at radius 3 is 2.40 bits per heavy atom. The summed E-state index contributed by atoms with van der Waals surface area (Å²) in [5.74, 6) is 1.48. The van der Waals surface area contributed by atoms with Crippen LogP contribution in [0.15, 0.2) is 6.07 Å². The molecule has 0 aromatic carbocycles. The second-order valence-electron chi connectivity index (χ2n) is 3.65. The van der Waals surface area contributed by atoms with E-state index in [1.165, 1.54) is 0 Å². The first-order valence-corrected chi connectivity index (χ1v) is 5.88. The molecule has 0 aliphatic rings. The van der Waals surface area contributed by atoms with Crippen molar-refractivity contribution >= 4 is 17.5 Å². The minimum absolute atomic E-state index is 0.735. The van der Waals surface area contributed by atoms with Gasteiger partial charge in [-0.1, -0.05) is 6.42 Å². The second-order valence-corrected chi connectivity index (χ2v) is 4.03. The molecule has 0 bridgehead atoms. The number of aromatic nitrogens is 2. The quantitative estimate of drug-likeness (QED) is 0.600. The molecule has 4 heteroatoms. The molecule has 0 radical (unpaired) electrons. The van der Waals surface area contributed by atoms with Gasteiger partial charge in [0.2, 0.25) is 5.95 Å². The van der Waals surface area contributed by atoms with Crippen LogP contribution in [0.2, 0.25) is 0 Å². The number of halogens is 1. The summed E-state index contributed by atoms with van der Waals surface area (Å²) in [6, 6.07) is 1.97. The van der Waals surface area contributed by atoms with E-state index in [4.69, 9.17) is 11.6 Å². The van der Waals surface area contributed by atoms with Gasteiger partial charge in [0.05, 0.1) is 0 Å². The number of unbranched alkanes of at least 4 members (excludes halogenated alkanes) is 2. The molecule has 0 fully saturated rings. The van der Waals surface area contributed by atoms with Crippen LogP contribution in [0.4, 0.5) is 5.95 Å². The monoisotopic (exact) mass is 227 g/mol. The van der Waals surface area contributed by atoms with Gasteiger partial charge in [0, 0.05) is 23.8 Å². The molecule has 1 heterocycles. The Balaban J connectivity index is 2.31. The van der Waals surface area contributed by atoms with E-state index in [1.54, 1.807) is 0 Å². The van der Waals surface area contributed by atoms with Crippen molar-refractivity contribution in [3.05, 3.63) is 17.5 Å². The highest BCUT2D eigenvalue weighted by Gasteiger charge is 1.97. The Hall–Kier alpha value is -0.830. The predicted octanol–water partition coefficient (Wildman–Crippen LogP) is 2.91. The number of nitrogens with one attached hydrogen (secondary N) is 1. The molecular weight excluding hydrogens is 210 g/mol. The first kappa shape index (κ1) is 12.2. The Kier molecular flexibility index (Phi) is 5.40. The van der Waals surface area contributed by atoms with Gasteiger partial charge in [-0.15, -0.1) is 11.6 Å². The summed E-state index contributed by atoms with van der Waals surface area (Å²) in [5, 5.41) is 3.22. The van der Waals surface area contributed by atoms with Crippen molar-refractivity contribution in [2.45, 2.75) is 33.1 Å². The number of rotatable bonds is 6. The molecule has 1 rings (SSSR count). The van der Waals surface area contributed by atoms with E-state index < -0.39 is 0 Å². The standard InChI is InChI=1S/C11H18ClN3/c1-9-8-10(2)15-11(14-9)13-7-5-3-4-6-12/h8H,3-7H2,1-2H3,(H,13,14,15). The van der Waals surface area contributed by atoms with Crippen LogP contribution in [-0.4, -0.2) is 22.4 Å². The summed E-state index contributed by atoms with van der Waals surface area (Å²) in [6.45, 7) is 4.88. The number of aryl methyl sites for hydroxylation is 2. The maximum absolute atomic E-state index is 5.59. The lowest BCUT2D eigenvalue weighted by molar-refractivity contribution is 0.743. The highest BCUT2D eigenvalue weighted by atomic mass is 35.5. The molecule has 0 amide bonds. The van der Waals surface area contributed by atoms with Gasteiger partial charge < -0.3 is 5.32 Å². The molecule has 0 aliphatic heterocycles. The van der Waals surface area contributed by atoms with Gasteiger partial charge in [0.1, 0.15) is 0 Å². The number of alkyl halides is 1. The maximum Gasteiger partial charge on any atom is 0.223 e. The molecule has 3 nitrogen and oxygen atoms in total. The fourth-order valence-electron chi connectivity index (χ4n) is 1.40. The Morgan fingerprint density at radius 2 is 1.80 bits per heavy atom. The average Bonchev–Trinajstić information content (AvgIpc) is 2.16. The number of hydrogen-bond donors (Lipinski definition) is 1. The van der Waals surface area contributed by atoms with Crippen LogP contribution < -0.4 is 5.32 Å². The molecule has 1 N–H and O–H groups in total. The van der Waals surface area contributed by atoms with E-state index in [-0.39, 0.29) is 0 Å². The van der Waals surface area contributed by atoms with Gasteiger partial charge in [-0.3, -0.25) is 0 Å². The molecule has 1 aromatic rings. The van der Waals surface area contributed by atoms with Crippen LogP contribution in [0.1, 0.15) is 30.7 Å². The van der Waals surface area contributed by atoms with Gasteiger partial charge in [0.25, 0.3) is 0 Å². The highest BCUT2D eigenvalue weighted by Crippen LogP contribution is 2.04. The number of nitrogens with zero attached hydrogens (tertiary/aromatic N) is 2. The molecule has 0 atom stereocenters. The van der Waals surface area contributed by atoms with E-state index in [2.05, 4.69) is 15.3 Å². The molecule has 84 valence electrons. The Labute approximate surface area is 96.3 Å². The average molecular weight is 228 g/mol. The maximum atomic E-state index is 5.59. The molecule has 15 heavy (non-hydrogen) atoms. The minimum Gasteiger partial charge on any atom is -0.354 e. The van der Waals surface area contributed by atoms with E-state index in [0.717, 1.165) is 49.0 Å². The Bertz CT molecular complexity index is 282. The van der Waals surface area contributed by atoms with Crippen molar-refractivity contribution < 1.29 is 0 Å². The summed E-state index contributed by atoms with van der Waals surface area (Å²) in [7, 11) is 0. The highest BCUT2D eigenvalue weighted by molar-refractivity contribution is 6.17. The van der Waals surface area contributed by atoms with Gasteiger partial charge in [-0.2, -0.15) is 0 Å². The summed E-state index contributed by atoms with van der Waals surface area (Å²) in [4.78, 5) is 8.61. The fourth-order valence-corrected chi connectivity index (χ4v) is 1.59. The minimum atomic E-state index is 0.735. The van der Waals surface area contributed by atoms with E-state index >= 15 is 0 Å². The first-order valence-electron chi connectivity index (χ1n) is 5.34. The molecule has 0 saturated carbocycles. The predicted molar refractivity (Wildman–Crippen MR) is 64.6 cm³/mol.